The number of aliphatic hydroxyl groups excluding tert-OH is 1. The number of anilines is 1. The summed E-state index contributed by atoms with van der Waals surface area (Å²) in [5.74, 6) is -2.04. The molecule has 204 valence electrons. The first-order valence-electron chi connectivity index (χ1n) is 13.8. The Morgan fingerprint density at radius 3 is 2.66 bits per heavy atom. The highest BCUT2D eigenvalue weighted by Crippen LogP contribution is 2.65. The Morgan fingerprint density at radius 1 is 1.05 bits per heavy atom. The minimum absolute atomic E-state index is 0.0241. The number of nitrogens with zero attached hydrogens (tertiary/aromatic N) is 2. The Bertz CT molecular complexity index is 1180. The Hall–Kier alpha value is -2.58. The molecule has 1 spiro atoms. The smallest absolute Gasteiger partial charge is 0.311 e. The molecular formula is C30H38N2O5S. The van der Waals surface area contributed by atoms with Crippen LogP contribution >= 0.6 is 11.8 Å². The number of fused-ring (bicyclic) bond motifs is 2. The number of allylic oxidation sites excluding steroid dienone is 1. The highest BCUT2D eigenvalue weighted by atomic mass is 32.2. The third kappa shape index (κ3) is 4.39. The summed E-state index contributed by atoms with van der Waals surface area (Å²) < 4.78 is 4.16. The zero-order valence-electron chi connectivity index (χ0n) is 22.5. The molecule has 4 aliphatic heterocycles. The number of thioether (sulfide) groups is 1. The van der Waals surface area contributed by atoms with Gasteiger partial charge in [-0.05, 0) is 70.1 Å². The van der Waals surface area contributed by atoms with Crippen molar-refractivity contribution in [2.24, 2.45) is 11.8 Å². The van der Waals surface area contributed by atoms with Crippen LogP contribution in [0.2, 0.25) is 0 Å². The number of likely N-dealkylation sites (tertiary alicyclic amines) is 1. The van der Waals surface area contributed by atoms with E-state index in [2.05, 4.69) is 12.2 Å². The fourth-order valence-electron chi connectivity index (χ4n) is 6.66. The van der Waals surface area contributed by atoms with Crippen molar-refractivity contribution in [2.45, 2.75) is 68.4 Å². The lowest BCUT2D eigenvalue weighted by Gasteiger charge is -2.37. The predicted molar refractivity (Wildman–Crippen MR) is 149 cm³/mol. The molecule has 8 heteroatoms. The number of carbonyl (C=O) groups is 3. The maximum absolute atomic E-state index is 14.5. The summed E-state index contributed by atoms with van der Waals surface area (Å²) in [6, 6.07) is 5.32. The van der Waals surface area contributed by atoms with Crippen molar-refractivity contribution >= 4 is 35.2 Å². The summed E-state index contributed by atoms with van der Waals surface area (Å²) in [6.45, 7) is 7.14. The van der Waals surface area contributed by atoms with E-state index in [1.54, 1.807) is 21.6 Å². The molecule has 4 aliphatic rings. The lowest BCUT2D eigenvalue weighted by molar-refractivity contribution is -0.154. The van der Waals surface area contributed by atoms with Crippen LogP contribution in [0.25, 0.3) is 0 Å². The maximum atomic E-state index is 14.5. The van der Waals surface area contributed by atoms with Crippen molar-refractivity contribution in [2.75, 3.05) is 31.2 Å². The van der Waals surface area contributed by atoms with Crippen LogP contribution < -0.4 is 4.90 Å². The molecule has 5 atom stereocenters. The van der Waals surface area contributed by atoms with Crippen LogP contribution in [0.3, 0.4) is 0 Å². The van der Waals surface area contributed by atoms with Crippen LogP contribution in [0.1, 0.15) is 50.2 Å². The third-order valence-electron chi connectivity index (χ3n) is 8.46. The monoisotopic (exact) mass is 538 g/mol. The lowest BCUT2D eigenvalue weighted by atomic mass is 9.74. The van der Waals surface area contributed by atoms with Gasteiger partial charge in [-0.15, -0.1) is 11.8 Å². The van der Waals surface area contributed by atoms with E-state index in [0.29, 0.717) is 32.5 Å². The molecule has 7 nitrogen and oxygen atoms in total. The molecule has 0 aromatic heterocycles. The molecule has 0 saturated carbocycles. The van der Waals surface area contributed by atoms with Crippen molar-refractivity contribution in [3.63, 3.8) is 0 Å². The number of cyclic esters (lactones) is 1. The molecule has 38 heavy (non-hydrogen) atoms. The van der Waals surface area contributed by atoms with Crippen LogP contribution in [0, 0.1) is 25.7 Å². The highest BCUT2D eigenvalue weighted by molar-refractivity contribution is 8.02. The second-order valence-corrected chi connectivity index (χ2v) is 13.0. The summed E-state index contributed by atoms with van der Waals surface area (Å²) >= 11 is 1.58. The van der Waals surface area contributed by atoms with E-state index >= 15 is 0 Å². The van der Waals surface area contributed by atoms with E-state index in [4.69, 9.17) is 4.74 Å². The van der Waals surface area contributed by atoms with Gasteiger partial charge in [-0.25, -0.2) is 0 Å². The number of hydrogen-bond donors (Lipinski definition) is 1. The third-order valence-corrected chi connectivity index (χ3v) is 10.3. The van der Waals surface area contributed by atoms with Gasteiger partial charge in [0.2, 0.25) is 5.91 Å². The second-order valence-electron chi connectivity index (χ2n) is 11.2. The number of ether oxygens (including phenoxy) is 1. The first-order chi connectivity index (χ1) is 18.2. The molecule has 1 aromatic carbocycles. The van der Waals surface area contributed by atoms with Gasteiger partial charge in [-0.1, -0.05) is 36.4 Å². The van der Waals surface area contributed by atoms with Gasteiger partial charge in [0.15, 0.2) is 0 Å². The van der Waals surface area contributed by atoms with Crippen molar-refractivity contribution < 1.29 is 24.2 Å². The number of rotatable bonds is 5. The van der Waals surface area contributed by atoms with E-state index < -0.39 is 27.4 Å². The lowest BCUT2D eigenvalue weighted by Crippen LogP contribution is -2.53. The standard InChI is InChI=1S/C30H38N2O5S/c1-20-11-12-21(2)22(19-20)31-16-10-14-30-23(26(34)32(15-7-8-17-33)25(30)27(31)35)24-28(36)37-18-9-5-4-6-13-29(24,3)38-30/h6,10-14,19,23-25,33H,4-5,7-9,15-18H2,1-3H3/b13-6-/t23-,24+,25?,29-,30-/m0/s1. The number of unbranched alkanes of at least 4 members (excludes halogenated alkanes) is 1. The molecule has 0 radical (unpaired) electrons. The minimum Gasteiger partial charge on any atom is -0.465 e. The molecule has 1 N–H and O–H groups in total. The molecule has 1 aromatic rings. The molecule has 2 saturated heterocycles. The number of aliphatic hydroxyl groups is 1. The Balaban J connectivity index is 1.63. The number of amides is 2. The SMILES string of the molecule is Cc1ccc(C)c(N2CC=C[C@]34S[C@@]5(C)/C=C\CCCCOC(=O)[C@H]5[C@H]3C(=O)N(CCCCO)C4C2=O)c1. The summed E-state index contributed by atoms with van der Waals surface area (Å²) in [6.07, 6.45) is 12.0. The number of hydrogen-bond acceptors (Lipinski definition) is 6. The largest absolute Gasteiger partial charge is 0.465 e. The van der Waals surface area contributed by atoms with Crippen LogP contribution in [0.5, 0.6) is 0 Å². The van der Waals surface area contributed by atoms with Crippen LogP contribution in [-0.4, -0.2) is 69.6 Å². The molecule has 0 aliphatic carbocycles. The van der Waals surface area contributed by atoms with E-state index in [-0.39, 0.29) is 24.4 Å². The fraction of sp³-hybridized carbons (Fsp3) is 0.567. The second kappa shape index (κ2) is 10.5. The highest BCUT2D eigenvalue weighted by Gasteiger charge is 2.73. The van der Waals surface area contributed by atoms with Gasteiger partial charge in [0, 0.05) is 30.1 Å². The normalized spacial score (nSPS) is 33.9. The molecule has 2 amide bonds. The topological polar surface area (TPSA) is 87.2 Å². The summed E-state index contributed by atoms with van der Waals surface area (Å²) in [5.41, 5.74) is 2.89. The Morgan fingerprint density at radius 2 is 1.87 bits per heavy atom. The Kier molecular flexibility index (Phi) is 7.48. The first kappa shape index (κ1) is 27.0. The van der Waals surface area contributed by atoms with Gasteiger partial charge in [0.25, 0.3) is 5.91 Å². The van der Waals surface area contributed by atoms with Crippen molar-refractivity contribution in [3.05, 3.63) is 53.6 Å². The average molecular weight is 539 g/mol. The van der Waals surface area contributed by atoms with E-state index in [9.17, 15) is 19.5 Å². The van der Waals surface area contributed by atoms with Gasteiger partial charge in [0.1, 0.15) is 6.04 Å². The number of aryl methyl sites for hydroxylation is 2. The van der Waals surface area contributed by atoms with E-state index in [1.165, 1.54) is 0 Å². The quantitative estimate of drug-likeness (QED) is 0.347. The average Bonchev–Trinajstić information content (AvgIpc) is 3.20. The van der Waals surface area contributed by atoms with Gasteiger partial charge in [-0.3, -0.25) is 14.4 Å². The van der Waals surface area contributed by atoms with Crippen LogP contribution in [-0.2, 0) is 19.1 Å². The molecule has 2 fully saturated rings. The number of esters is 1. The van der Waals surface area contributed by atoms with Gasteiger partial charge in [-0.2, -0.15) is 0 Å². The molecular weight excluding hydrogens is 500 g/mol. The number of benzene rings is 1. The zero-order valence-corrected chi connectivity index (χ0v) is 23.3. The van der Waals surface area contributed by atoms with Crippen molar-refractivity contribution in [3.8, 4) is 0 Å². The fourth-order valence-corrected chi connectivity index (χ4v) is 8.81. The minimum atomic E-state index is -0.892. The molecule has 0 bridgehead atoms. The maximum Gasteiger partial charge on any atom is 0.311 e. The summed E-state index contributed by atoms with van der Waals surface area (Å²) in [4.78, 5) is 45.9. The van der Waals surface area contributed by atoms with Crippen LogP contribution in [0.15, 0.2) is 42.5 Å². The zero-order chi connectivity index (χ0) is 27.1. The predicted octanol–water partition coefficient (Wildman–Crippen LogP) is 3.95. The summed E-state index contributed by atoms with van der Waals surface area (Å²) in [5, 5.41) is 9.41. The van der Waals surface area contributed by atoms with Gasteiger partial charge >= 0.3 is 5.97 Å². The number of carbonyl (C=O) groups excluding carboxylic acids is 3. The molecule has 5 rings (SSSR count). The first-order valence-corrected chi connectivity index (χ1v) is 14.6. The molecule has 1 unspecified atom stereocenters. The molecule has 4 heterocycles. The van der Waals surface area contributed by atoms with Crippen LogP contribution in [0.4, 0.5) is 5.69 Å². The van der Waals surface area contributed by atoms with E-state index in [0.717, 1.165) is 36.1 Å². The van der Waals surface area contributed by atoms with Gasteiger partial charge < -0.3 is 19.6 Å². The Labute approximate surface area is 229 Å². The van der Waals surface area contributed by atoms with Crippen molar-refractivity contribution in [1.82, 2.24) is 4.90 Å². The van der Waals surface area contributed by atoms with E-state index in [1.807, 2.05) is 51.1 Å². The van der Waals surface area contributed by atoms with Crippen molar-refractivity contribution in [1.29, 1.82) is 0 Å². The summed E-state index contributed by atoms with van der Waals surface area (Å²) in [7, 11) is 0. The van der Waals surface area contributed by atoms with Gasteiger partial charge in [0.05, 0.1) is 23.2 Å².